The molecule has 0 atom stereocenters. The Balaban J connectivity index is 2.30. The lowest BCUT2D eigenvalue weighted by molar-refractivity contribution is 0.102. The fourth-order valence-corrected chi connectivity index (χ4v) is 2.31. The predicted octanol–water partition coefficient (Wildman–Crippen LogP) is 3.52. The van der Waals surface area contributed by atoms with Crippen molar-refractivity contribution in [3.63, 3.8) is 0 Å². The summed E-state index contributed by atoms with van der Waals surface area (Å²) in [7, 11) is 0. The van der Waals surface area contributed by atoms with Gasteiger partial charge in [0.1, 0.15) is 0 Å². The molecule has 0 bridgehead atoms. The van der Waals surface area contributed by atoms with Crippen molar-refractivity contribution in [1.29, 1.82) is 0 Å². The molecule has 0 fully saturated rings. The number of para-hydroxylation sites is 2. The monoisotopic (exact) mass is 382 g/mol. The molecule has 2 rings (SSSR count). The van der Waals surface area contributed by atoms with Gasteiger partial charge in [0.2, 0.25) is 0 Å². The van der Waals surface area contributed by atoms with E-state index < -0.39 is 0 Å². The Hall–Kier alpha value is -1.76. The standard InChI is InChI=1S/C15H15IN2O2/c1-2-20-14-10(6-5-8-12(14)17)15(19)18-13-9-4-3-7-11(13)16/h3-9H,2,17H2,1H3,(H,18,19). The molecule has 104 valence electrons. The van der Waals surface area contributed by atoms with Gasteiger partial charge in [0.15, 0.2) is 5.75 Å². The second kappa shape index (κ2) is 6.60. The van der Waals surface area contributed by atoms with Crippen LogP contribution >= 0.6 is 22.6 Å². The van der Waals surface area contributed by atoms with Crippen molar-refractivity contribution in [2.24, 2.45) is 0 Å². The van der Waals surface area contributed by atoms with Crippen LogP contribution in [0.3, 0.4) is 0 Å². The number of rotatable bonds is 4. The molecule has 0 spiro atoms. The van der Waals surface area contributed by atoms with Crippen LogP contribution in [-0.2, 0) is 0 Å². The van der Waals surface area contributed by atoms with Crippen LogP contribution in [0.1, 0.15) is 17.3 Å². The van der Waals surface area contributed by atoms with Crippen molar-refractivity contribution in [3.05, 3.63) is 51.6 Å². The van der Waals surface area contributed by atoms with Gasteiger partial charge in [-0.25, -0.2) is 0 Å². The first kappa shape index (κ1) is 14.6. The lowest BCUT2D eigenvalue weighted by Gasteiger charge is -2.13. The van der Waals surface area contributed by atoms with E-state index in [-0.39, 0.29) is 5.91 Å². The van der Waals surface area contributed by atoms with Crippen LogP contribution in [0.4, 0.5) is 11.4 Å². The summed E-state index contributed by atoms with van der Waals surface area (Å²) in [5.41, 5.74) is 7.53. The molecule has 0 unspecified atom stereocenters. The Morgan fingerprint density at radius 1 is 1.25 bits per heavy atom. The van der Waals surface area contributed by atoms with Gasteiger partial charge >= 0.3 is 0 Å². The van der Waals surface area contributed by atoms with Gasteiger partial charge in [-0.1, -0.05) is 18.2 Å². The molecule has 0 aromatic heterocycles. The zero-order valence-electron chi connectivity index (χ0n) is 11.0. The first-order chi connectivity index (χ1) is 9.63. The third kappa shape index (κ3) is 3.22. The molecule has 0 saturated heterocycles. The second-order valence-corrected chi connectivity index (χ2v) is 5.25. The maximum absolute atomic E-state index is 12.4. The van der Waals surface area contributed by atoms with Crippen LogP contribution < -0.4 is 15.8 Å². The molecular formula is C15H15IN2O2. The first-order valence-electron chi connectivity index (χ1n) is 6.20. The first-order valence-corrected chi connectivity index (χ1v) is 7.28. The number of benzene rings is 2. The molecule has 0 aliphatic rings. The zero-order chi connectivity index (χ0) is 14.5. The Morgan fingerprint density at radius 2 is 2.00 bits per heavy atom. The number of amides is 1. The summed E-state index contributed by atoms with van der Waals surface area (Å²) in [5, 5.41) is 2.87. The van der Waals surface area contributed by atoms with Gasteiger partial charge in [-0.3, -0.25) is 4.79 Å². The highest BCUT2D eigenvalue weighted by atomic mass is 127. The number of carbonyl (C=O) groups is 1. The molecule has 2 aromatic rings. The number of hydrogen-bond acceptors (Lipinski definition) is 3. The Kier molecular flexibility index (Phi) is 4.84. The van der Waals surface area contributed by atoms with Gasteiger partial charge in [-0.05, 0) is 53.8 Å². The van der Waals surface area contributed by atoms with E-state index in [0.29, 0.717) is 23.6 Å². The molecule has 1 amide bonds. The molecule has 0 aliphatic heterocycles. The summed E-state index contributed by atoms with van der Waals surface area (Å²) >= 11 is 2.17. The Morgan fingerprint density at radius 3 is 2.70 bits per heavy atom. The van der Waals surface area contributed by atoms with Crippen LogP contribution in [0, 0.1) is 3.57 Å². The average molecular weight is 382 g/mol. The number of ether oxygens (including phenoxy) is 1. The van der Waals surface area contributed by atoms with Crippen molar-refractivity contribution in [2.45, 2.75) is 6.92 Å². The highest BCUT2D eigenvalue weighted by Crippen LogP contribution is 2.27. The average Bonchev–Trinajstić information content (AvgIpc) is 2.43. The highest BCUT2D eigenvalue weighted by Gasteiger charge is 2.15. The van der Waals surface area contributed by atoms with E-state index in [1.54, 1.807) is 18.2 Å². The molecule has 0 saturated carbocycles. The minimum Gasteiger partial charge on any atom is -0.491 e. The lowest BCUT2D eigenvalue weighted by atomic mass is 10.1. The van der Waals surface area contributed by atoms with Gasteiger partial charge in [-0.2, -0.15) is 0 Å². The minimum atomic E-state index is -0.232. The van der Waals surface area contributed by atoms with E-state index in [9.17, 15) is 4.79 Å². The number of carbonyl (C=O) groups excluding carboxylic acids is 1. The second-order valence-electron chi connectivity index (χ2n) is 4.09. The van der Waals surface area contributed by atoms with E-state index in [1.165, 1.54) is 0 Å². The summed E-state index contributed by atoms with van der Waals surface area (Å²) in [6, 6.07) is 12.7. The third-order valence-corrected chi connectivity index (χ3v) is 3.64. The van der Waals surface area contributed by atoms with Crippen LogP contribution in [0.2, 0.25) is 0 Å². The van der Waals surface area contributed by atoms with Crippen LogP contribution in [0.5, 0.6) is 5.75 Å². The maximum atomic E-state index is 12.4. The van der Waals surface area contributed by atoms with E-state index in [0.717, 1.165) is 9.26 Å². The van der Waals surface area contributed by atoms with Gasteiger partial charge in [0.25, 0.3) is 5.91 Å². The quantitative estimate of drug-likeness (QED) is 0.628. The van der Waals surface area contributed by atoms with Gasteiger partial charge in [-0.15, -0.1) is 0 Å². The Labute approximate surface area is 131 Å². The number of nitrogens with two attached hydrogens (primary N) is 1. The SMILES string of the molecule is CCOc1c(N)cccc1C(=O)Nc1ccccc1I. The molecule has 2 aromatic carbocycles. The van der Waals surface area contributed by atoms with Crippen molar-refractivity contribution in [2.75, 3.05) is 17.7 Å². The summed E-state index contributed by atoms with van der Waals surface area (Å²) in [6.07, 6.45) is 0. The van der Waals surface area contributed by atoms with Gasteiger partial charge < -0.3 is 15.8 Å². The van der Waals surface area contributed by atoms with Crippen molar-refractivity contribution in [1.82, 2.24) is 0 Å². The van der Waals surface area contributed by atoms with Crippen molar-refractivity contribution in [3.8, 4) is 5.75 Å². The van der Waals surface area contributed by atoms with Crippen molar-refractivity contribution < 1.29 is 9.53 Å². The number of nitrogens with one attached hydrogen (secondary N) is 1. The fraction of sp³-hybridized carbons (Fsp3) is 0.133. The van der Waals surface area contributed by atoms with E-state index in [2.05, 4.69) is 27.9 Å². The third-order valence-electron chi connectivity index (χ3n) is 2.70. The largest absolute Gasteiger partial charge is 0.491 e. The summed E-state index contributed by atoms with van der Waals surface area (Å²) in [6.45, 7) is 2.31. The van der Waals surface area contributed by atoms with Crippen molar-refractivity contribution >= 4 is 39.9 Å². The van der Waals surface area contributed by atoms with Crippen LogP contribution in [-0.4, -0.2) is 12.5 Å². The molecule has 5 heteroatoms. The van der Waals surface area contributed by atoms with E-state index in [4.69, 9.17) is 10.5 Å². The Bertz CT molecular complexity index is 629. The molecule has 0 heterocycles. The number of anilines is 2. The molecule has 20 heavy (non-hydrogen) atoms. The maximum Gasteiger partial charge on any atom is 0.259 e. The van der Waals surface area contributed by atoms with E-state index >= 15 is 0 Å². The predicted molar refractivity (Wildman–Crippen MR) is 89.1 cm³/mol. The highest BCUT2D eigenvalue weighted by molar-refractivity contribution is 14.1. The molecule has 4 nitrogen and oxygen atoms in total. The van der Waals surface area contributed by atoms with Gasteiger partial charge in [0.05, 0.1) is 23.5 Å². The normalized spacial score (nSPS) is 10.1. The zero-order valence-corrected chi connectivity index (χ0v) is 13.2. The summed E-state index contributed by atoms with van der Waals surface area (Å²) in [4.78, 5) is 12.4. The number of nitrogen functional groups attached to an aromatic ring is 1. The smallest absolute Gasteiger partial charge is 0.259 e. The summed E-state index contributed by atoms with van der Waals surface area (Å²) in [5.74, 6) is 0.198. The molecule has 0 aliphatic carbocycles. The molecular weight excluding hydrogens is 367 g/mol. The van der Waals surface area contributed by atoms with Gasteiger partial charge in [0, 0.05) is 3.57 Å². The lowest BCUT2D eigenvalue weighted by Crippen LogP contribution is -2.15. The number of hydrogen-bond donors (Lipinski definition) is 2. The molecule has 3 N–H and O–H groups in total. The topological polar surface area (TPSA) is 64.3 Å². The fourth-order valence-electron chi connectivity index (χ4n) is 1.79. The summed E-state index contributed by atoms with van der Waals surface area (Å²) < 4.78 is 6.44. The number of halogens is 1. The molecule has 0 radical (unpaired) electrons. The van der Waals surface area contributed by atoms with E-state index in [1.807, 2.05) is 31.2 Å². The van der Waals surface area contributed by atoms with Crippen LogP contribution in [0.15, 0.2) is 42.5 Å². The van der Waals surface area contributed by atoms with Crippen LogP contribution in [0.25, 0.3) is 0 Å². The minimum absolute atomic E-state index is 0.232.